The van der Waals surface area contributed by atoms with E-state index in [-0.39, 0.29) is 23.2 Å². The van der Waals surface area contributed by atoms with Crippen molar-refractivity contribution >= 4 is 28.6 Å². The molecule has 0 spiro atoms. The molecule has 1 aromatic heterocycles. The molecule has 30 heavy (non-hydrogen) atoms. The first-order valence-electron chi connectivity index (χ1n) is 8.71. The van der Waals surface area contributed by atoms with Gasteiger partial charge in [0, 0.05) is 29.4 Å². The van der Waals surface area contributed by atoms with E-state index in [1.807, 2.05) is 6.07 Å². The molecule has 1 heterocycles. The molecule has 158 valence electrons. The van der Waals surface area contributed by atoms with Crippen molar-refractivity contribution < 1.29 is 22.8 Å². The lowest BCUT2D eigenvalue weighted by Gasteiger charge is -2.14. The van der Waals surface area contributed by atoms with Crippen LogP contribution in [0.2, 0.25) is 5.02 Å². The maximum atomic E-state index is 12.9. The maximum Gasteiger partial charge on any atom is 0.417 e. The lowest BCUT2D eigenvalue weighted by atomic mass is 10.1. The normalized spacial score (nSPS) is 13.7. The number of rotatable bonds is 6. The number of hydrogen-bond acceptors (Lipinski definition) is 5. The molecule has 0 radical (unpaired) electrons. The van der Waals surface area contributed by atoms with Gasteiger partial charge in [0.1, 0.15) is 12.1 Å². The molecule has 0 saturated carbocycles. The van der Waals surface area contributed by atoms with Gasteiger partial charge in [-0.2, -0.15) is 23.1 Å². The zero-order valence-electron chi connectivity index (χ0n) is 15.7. The summed E-state index contributed by atoms with van der Waals surface area (Å²) in [5.74, 6) is 0.274. The monoisotopic (exact) mass is 455 g/mol. The van der Waals surface area contributed by atoms with Gasteiger partial charge in [0.15, 0.2) is 0 Å². The fourth-order valence-corrected chi connectivity index (χ4v) is 3.43. The summed E-state index contributed by atoms with van der Waals surface area (Å²) in [6.45, 7) is 0.115. The fourth-order valence-electron chi connectivity index (χ4n) is 2.69. The number of anilines is 1. The van der Waals surface area contributed by atoms with Gasteiger partial charge in [-0.15, -0.1) is 0 Å². The summed E-state index contributed by atoms with van der Waals surface area (Å²) in [6.07, 6.45) is -4.00. The number of aliphatic hydroxyl groups is 1. The third-order valence-corrected chi connectivity index (χ3v) is 5.20. The van der Waals surface area contributed by atoms with Gasteiger partial charge in [0.05, 0.1) is 22.4 Å². The summed E-state index contributed by atoms with van der Waals surface area (Å²) in [5, 5.41) is 12.8. The molecule has 0 amide bonds. The highest BCUT2D eigenvalue weighted by atomic mass is 35.5. The van der Waals surface area contributed by atoms with E-state index in [1.54, 1.807) is 24.3 Å². The Bertz CT molecular complexity index is 1020. The summed E-state index contributed by atoms with van der Waals surface area (Å²) in [5.41, 5.74) is 0.315. The van der Waals surface area contributed by atoms with Crippen molar-refractivity contribution in [1.82, 2.24) is 9.97 Å². The third-order valence-electron chi connectivity index (χ3n) is 4.19. The average Bonchev–Trinajstić information content (AvgIpc) is 2.71. The Morgan fingerprint density at radius 1 is 1.13 bits per heavy atom. The molecule has 2 aromatic carbocycles. The van der Waals surface area contributed by atoms with Crippen LogP contribution in [0.4, 0.5) is 19.0 Å². The van der Waals surface area contributed by atoms with E-state index in [0.29, 0.717) is 11.1 Å². The fraction of sp³-hybridized carbons (Fsp3) is 0.200. The zero-order valence-corrected chi connectivity index (χ0v) is 17.2. The molecule has 0 aliphatic rings. The van der Waals surface area contributed by atoms with Gasteiger partial charge < -0.3 is 15.0 Å². The molecule has 10 heteroatoms. The van der Waals surface area contributed by atoms with Gasteiger partial charge in [0.25, 0.3) is 0 Å². The molecular formula is C20H17ClF3N3O2S. The highest BCUT2D eigenvalue weighted by Crippen LogP contribution is 2.36. The van der Waals surface area contributed by atoms with E-state index in [4.69, 9.17) is 11.6 Å². The predicted molar refractivity (Wildman–Crippen MR) is 110 cm³/mol. The van der Waals surface area contributed by atoms with Gasteiger partial charge >= 0.3 is 11.3 Å². The molecule has 0 aliphatic carbocycles. The van der Waals surface area contributed by atoms with Crippen LogP contribution in [0.1, 0.15) is 17.2 Å². The summed E-state index contributed by atoms with van der Waals surface area (Å²) in [4.78, 5) is 8.32. The van der Waals surface area contributed by atoms with Crippen LogP contribution in [-0.4, -0.2) is 32.4 Å². The first-order chi connectivity index (χ1) is 14.1. The number of halogens is 4. The van der Waals surface area contributed by atoms with E-state index in [2.05, 4.69) is 15.3 Å². The standard InChI is InChI=1S/C20H17ClF3N3O2S/c1-30(29)19-26-16(13-7-8-14(15(21)9-13)20(22,23)24)10-18(27-19)25-11-17(28)12-5-3-2-4-6-12/h2-10,17,28H,11H2,1H3,(H,25,26,27)/t17-,30?/m0/s1. The second-order valence-electron chi connectivity index (χ2n) is 6.37. The lowest BCUT2D eigenvalue weighted by Crippen LogP contribution is -2.15. The second-order valence-corrected chi connectivity index (χ2v) is 8.06. The molecule has 0 bridgehead atoms. The number of nitrogens with one attached hydrogen (secondary N) is 1. The van der Waals surface area contributed by atoms with Crippen molar-refractivity contribution in [3.63, 3.8) is 0 Å². The van der Waals surface area contributed by atoms with Crippen LogP contribution in [0.3, 0.4) is 0 Å². The summed E-state index contributed by atoms with van der Waals surface area (Å²) in [6, 6.07) is 13.7. The van der Waals surface area contributed by atoms with Crippen LogP contribution < -0.4 is 5.32 Å². The van der Waals surface area contributed by atoms with Gasteiger partial charge in [-0.3, -0.25) is 0 Å². The van der Waals surface area contributed by atoms with Crippen molar-refractivity contribution in [2.45, 2.75) is 17.4 Å². The van der Waals surface area contributed by atoms with E-state index in [0.717, 1.165) is 12.1 Å². The van der Waals surface area contributed by atoms with Gasteiger partial charge in [-0.05, 0) is 17.7 Å². The van der Waals surface area contributed by atoms with Crippen molar-refractivity contribution in [2.24, 2.45) is 0 Å². The Morgan fingerprint density at radius 3 is 2.43 bits per heavy atom. The van der Waals surface area contributed by atoms with Crippen molar-refractivity contribution in [1.29, 1.82) is 0 Å². The highest BCUT2D eigenvalue weighted by Gasteiger charge is 2.33. The van der Waals surface area contributed by atoms with Crippen LogP contribution in [0, 0.1) is 0 Å². The van der Waals surface area contributed by atoms with Crippen LogP contribution in [0.5, 0.6) is 0 Å². The Morgan fingerprint density at radius 2 is 1.83 bits per heavy atom. The molecule has 0 saturated heterocycles. The van der Waals surface area contributed by atoms with Crippen LogP contribution in [-0.2, 0) is 17.4 Å². The van der Waals surface area contributed by atoms with Crippen LogP contribution >= 0.6 is 11.6 Å². The minimum atomic E-state index is -4.57. The molecule has 2 atom stereocenters. The molecule has 0 aliphatic heterocycles. The Kier molecular flexibility index (Phi) is 6.87. The van der Waals surface area contributed by atoms with Crippen LogP contribution in [0.15, 0.2) is 59.8 Å². The van der Waals surface area contributed by atoms with E-state index in [9.17, 15) is 22.8 Å². The summed E-state index contributed by atoms with van der Waals surface area (Å²) in [7, 11) is 0. The molecule has 0 fully saturated rings. The maximum absolute atomic E-state index is 12.9. The predicted octanol–water partition coefficient (Wildman–Crippen LogP) is 4.70. The minimum Gasteiger partial charge on any atom is -0.609 e. The molecule has 5 nitrogen and oxygen atoms in total. The van der Waals surface area contributed by atoms with E-state index in [1.165, 1.54) is 18.4 Å². The van der Waals surface area contributed by atoms with E-state index >= 15 is 0 Å². The topological polar surface area (TPSA) is 81.1 Å². The average molecular weight is 456 g/mol. The quantitative estimate of drug-likeness (QED) is 0.416. The van der Waals surface area contributed by atoms with E-state index < -0.39 is 34.0 Å². The number of hydrogen-bond donors (Lipinski definition) is 2. The molecule has 3 rings (SSSR count). The number of aromatic nitrogens is 2. The number of aliphatic hydroxyl groups excluding tert-OH is 1. The van der Waals surface area contributed by atoms with Crippen molar-refractivity contribution in [3.8, 4) is 11.3 Å². The van der Waals surface area contributed by atoms with Gasteiger partial charge in [0.2, 0.25) is 0 Å². The van der Waals surface area contributed by atoms with Gasteiger partial charge in [-0.25, -0.2) is 0 Å². The first kappa shape index (κ1) is 22.4. The Balaban J connectivity index is 1.89. The highest BCUT2D eigenvalue weighted by molar-refractivity contribution is 7.90. The smallest absolute Gasteiger partial charge is 0.417 e. The third kappa shape index (κ3) is 5.42. The Hall–Kier alpha value is -2.33. The summed E-state index contributed by atoms with van der Waals surface area (Å²) >= 11 is 4.27. The number of alkyl halides is 3. The van der Waals surface area contributed by atoms with Crippen molar-refractivity contribution in [2.75, 3.05) is 18.1 Å². The largest absolute Gasteiger partial charge is 0.609 e. The second kappa shape index (κ2) is 9.22. The van der Waals surface area contributed by atoms with Crippen molar-refractivity contribution in [3.05, 3.63) is 70.7 Å². The SMILES string of the molecule is C[S+]([O-])c1nc(NC[C@H](O)c2ccccc2)cc(-c2ccc(C(F)(F)F)c(Cl)c2)n1. The molecular weight excluding hydrogens is 439 g/mol. The van der Waals surface area contributed by atoms with Gasteiger partial charge in [-0.1, -0.05) is 48.0 Å². The minimum absolute atomic E-state index is 0.000205. The summed E-state index contributed by atoms with van der Waals surface area (Å²) < 4.78 is 50.8. The zero-order chi connectivity index (χ0) is 21.9. The molecule has 1 unspecified atom stereocenters. The van der Waals surface area contributed by atoms with Crippen LogP contribution in [0.25, 0.3) is 11.3 Å². The Labute approximate surface area is 179 Å². The lowest BCUT2D eigenvalue weighted by molar-refractivity contribution is -0.137. The molecule has 2 N–H and O–H groups in total. The molecule has 3 aromatic rings. The first-order valence-corrected chi connectivity index (χ1v) is 10.7. The number of nitrogens with zero attached hydrogens (tertiary/aromatic N) is 2. The number of benzene rings is 2.